The predicted octanol–water partition coefficient (Wildman–Crippen LogP) is 5.94. The van der Waals surface area contributed by atoms with Crippen LogP contribution in [-0.4, -0.2) is 30.6 Å². The van der Waals surface area contributed by atoms with Gasteiger partial charge in [0, 0.05) is 19.1 Å². The highest BCUT2D eigenvalue weighted by Crippen LogP contribution is 2.16. The second kappa shape index (κ2) is 14.4. The van der Waals surface area contributed by atoms with E-state index in [4.69, 9.17) is 4.74 Å². The Balaban J connectivity index is 1.54. The number of nitrogens with zero attached hydrogens (tertiary/aromatic N) is 1. The summed E-state index contributed by atoms with van der Waals surface area (Å²) in [6, 6.07) is 20.9. The lowest BCUT2D eigenvalue weighted by molar-refractivity contribution is 0.139. The molecular formula is C26H36N2O2. The van der Waals surface area contributed by atoms with Gasteiger partial charge in [0.15, 0.2) is 0 Å². The fraction of sp³-hybridized carbons (Fsp3) is 0.423. The Kier molecular flexibility index (Phi) is 11.4. The van der Waals surface area contributed by atoms with Gasteiger partial charge >= 0.3 is 6.09 Å². The number of amides is 1. The molecule has 1 amide bonds. The van der Waals surface area contributed by atoms with Crippen molar-refractivity contribution in [2.24, 2.45) is 0 Å². The molecule has 4 nitrogen and oxygen atoms in total. The van der Waals surface area contributed by atoms with E-state index in [-0.39, 0.29) is 6.09 Å². The topological polar surface area (TPSA) is 41.6 Å². The standard InChI is InChI=1S/C26H36N2O2/c1-3-14-25(28(2)21-23-15-8-6-9-16-23)19-12-4-5-13-20-27-26(29)30-22-24-17-10-7-11-18-24/h3,6-11,15-18,25H,1,4-5,12-14,19-22H2,2H3,(H,27,29). The van der Waals surface area contributed by atoms with Gasteiger partial charge in [0.1, 0.15) is 6.61 Å². The van der Waals surface area contributed by atoms with Crippen molar-refractivity contribution in [3.05, 3.63) is 84.4 Å². The summed E-state index contributed by atoms with van der Waals surface area (Å²) in [5, 5.41) is 2.84. The van der Waals surface area contributed by atoms with Crippen LogP contribution < -0.4 is 5.32 Å². The Morgan fingerprint density at radius 2 is 1.63 bits per heavy atom. The summed E-state index contributed by atoms with van der Waals surface area (Å²) < 4.78 is 5.22. The molecule has 4 heteroatoms. The van der Waals surface area contributed by atoms with Crippen LogP contribution in [0.2, 0.25) is 0 Å². The first-order valence-electron chi connectivity index (χ1n) is 11.0. The van der Waals surface area contributed by atoms with Crippen molar-refractivity contribution in [1.29, 1.82) is 0 Å². The maximum absolute atomic E-state index is 11.7. The van der Waals surface area contributed by atoms with Crippen LogP contribution in [-0.2, 0) is 17.9 Å². The second-order valence-corrected chi connectivity index (χ2v) is 7.77. The lowest BCUT2D eigenvalue weighted by Gasteiger charge is -2.27. The number of nitrogens with one attached hydrogen (secondary N) is 1. The first-order valence-corrected chi connectivity index (χ1v) is 11.0. The van der Waals surface area contributed by atoms with Crippen LogP contribution >= 0.6 is 0 Å². The van der Waals surface area contributed by atoms with Gasteiger partial charge in [-0.1, -0.05) is 86.0 Å². The third-order valence-electron chi connectivity index (χ3n) is 5.28. The molecule has 0 aliphatic heterocycles. The summed E-state index contributed by atoms with van der Waals surface area (Å²) in [5.41, 5.74) is 2.35. The molecule has 162 valence electrons. The monoisotopic (exact) mass is 408 g/mol. The van der Waals surface area contributed by atoms with Crippen LogP contribution in [0.3, 0.4) is 0 Å². The minimum Gasteiger partial charge on any atom is -0.445 e. The third-order valence-corrected chi connectivity index (χ3v) is 5.28. The Labute approximate surface area is 181 Å². The van der Waals surface area contributed by atoms with Crippen LogP contribution in [0.25, 0.3) is 0 Å². The van der Waals surface area contributed by atoms with E-state index < -0.39 is 0 Å². The lowest BCUT2D eigenvalue weighted by Crippen LogP contribution is -2.30. The number of unbranched alkanes of at least 4 members (excludes halogenated alkanes) is 3. The molecule has 2 aromatic rings. The highest BCUT2D eigenvalue weighted by Gasteiger charge is 2.13. The largest absolute Gasteiger partial charge is 0.445 e. The molecule has 0 saturated heterocycles. The van der Waals surface area contributed by atoms with Crippen LogP contribution in [0.15, 0.2) is 73.3 Å². The highest BCUT2D eigenvalue weighted by atomic mass is 16.5. The zero-order valence-corrected chi connectivity index (χ0v) is 18.3. The van der Waals surface area contributed by atoms with E-state index in [1.807, 2.05) is 36.4 Å². The quantitative estimate of drug-likeness (QED) is 0.311. The fourth-order valence-electron chi connectivity index (χ4n) is 3.53. The van der Waals surface area contributed by atoms with Crippen LogP contribution in [0.5, 0.6) is 0 Å². The number of hydrogen-bond donors (Lipinski definition) is 1. The number of rotatable bonds is 14. The van der Waals surface area contributed by atoms with E-state index in [2.05, 4.69) is 54.2 Å². The summed E-state index contributed by atoms with van der Waals surface area (Å²) in [6.07, 6.45) is 8.32. The summed E-state index contributed by atoms with van der Waals surface area (Å²) in [5.74, 6) is 0. The van der Waals surface area contributed by atoms with E-state index >= 15 is 0 Å². The van der Waals surface area contributed by atoms with E-state index in [0.717, 1.165) is 31.4 Å². The highest BCUT2D eigenvalue weighted by molar-refractivity contribution is 5.67. The molecule has 0 aromatic heterocycles. The number of ether oxygens (including phenoxy) is 1. The van der Waals surface area contributed by atoms with Crippen molar-refractivity contribution in [3.8, 4) is 0 Å². The van der Waals surface area contributed by atoms with Crippen molar-refractivity contribution in [2.45, 2.75) is 57.7 Å². The van der Waals surface area contributed by atoms with E-state index in [1.165, 1.54) is 24.8 Å². The molecule has 2 aromatic carbocycles. The molecule has 1 atom stereocenters. The summed E-state index contributed by atoms with van der Waals surface area (Å²) in [7, 11) is 2.20. The lowest BCUT2D eigenvalue weighted by atomic mass is 10.0. The van der Waals surface area contributed by atoms with Crippen LogP contribution in [0.1, 0.15) is 49.7 Å². The van der Waals surface area contributed by atoms with Crippen molar-refractivity contribution >= 4 is 6.09 Å². The average molecular weight is 409 g/mol. The molecule has 0 radical (unpaired) electrons. The molecule has 0 spiro atoms. The van der Waals surface area contributed by atoms with E-state index in [0.29, 0.717) is 19.2 Å². The Morgan fingerprint density at radius 3 is 2.30 bits per heavy atom. The van der Waals surface area contributed by atoms with Gasteiger partial charge in [-0.05, 0) is 37.4 Å². The maximum Gasteiger partial charge on any atom is 0.407 e. The molecule has 2 rings (SSSR count). The van der Waals surface area contributed by atoms with Crippen molar-refractivity contribution in [2.75, 3.05) is 13.6 Å². The fourth-order valence-corrected chi connectivity index (χ4v) is 3.53. The number of alkyl carbamates (subject to hydrolysis) is 1. The van der Waals surface area contributed by atoms with Crippen LogP contribution in [0, 0.1) is 0 Å². The summed E-state index contributed by atoms with van der Waals surface area (Å²) >= 11 is 0. The molecule has 0 aliphatic carbocycles. The Bertz CT molecular complexity index is 718. The maximum atomic E-state index is 11.7. The first-order chi connectivity index (χ1) is 14.7. The van der Waals surface area contributed by atoms with Crippen molar-refractivity contribution in [1.82, 2.24) is 10.2 Å². The SMILES string of the molecule is C=CCC(CCCCCCNC(=O)OCc1ccccc1)N(C)Cc1ccccc1. The zero-order valence-electron chi connectivity index (χ0n) is 18.3. The van der Waals surface area contributed by atoms with Gasteiger partial charge in [-0.15, -0.1) is 6.58 Å². The zero-order chi connectivity index (χ0) is 21.4. The van der Waals surface area contributed by atoms with Gasteiger partial charge in [-0.2, -0.15) is 0 Å². The minimum absolute atomic E-state index is 0.313. The van der Waals surface area contributed by atoms with Gasteiger partial charge in [-0.3, -0.25) is 4.90 Å². The van der Waals surface area contributed by atoms with Crippen LogP contribution in [0.4, 0.5) is 4.79 Å². The van der Waals surface area contributed by atoms with Gasteiger partial charge in [0.2, 0.25) is 0 Å². The number of carbonyl (C=O) groups is 1. The predicted molar refractivity (Wildman–Crippen MR) is 124 cm³/mol. The number of hydrogen-bond acceptors (Lipinski definition) is 3. The molecule has 30 heavy (non-hydrogen) atoms. The Hall–Kier alpha value is -2.59. The van der Waals surface area contributed by atoms with Crippen molar-refractivity contribution in [3.63, 3.8) is 0 Å². The second-order valence-electron chi connectivity index (χ2n) is 7.77. The minimum atomic E-state index is -0.340. The number of carbonyl (C=O) groups excluding carboxylic acids is 1. The van der Waals surface area contributed by atoms with Gasteiger partial charge in [0.05, 0.1) is 0 Å². The summed E-state index contributed by atoms with van der Waals surface area (Å²) in [6.45, 7) is 5.88. The molecule has 1 unspecified atom stereocenters. The normalized spacial score (nSPS) is 11.8. The van der Waals surface area contributed by atoms with Gasteiger partial charge in [0.25, 0.3) is 0 Å². The first kappa shape index (κ1) is 23.7. The molecule has 0 saturated carbocycles. The molecule has 0 bridgehead atoms. The summed E-state index contributed by atoms with van der Waals surface area (Å²) in [4.78, 5) is 14.2. The van der Waals surface area contributed by atoms with Crippen molar-refractivity contribution < 1.29 is 9.53 Å². The molecule has 0 aliphatic rings. The average Bonchev–Trinajstić information content (AvgIpc) is 2.77. The third kappa shape index (κ3) is 9.75. The molecular weight excluding hydrogens is 372 g/mol. The molecule has 0 fully saturated rings. The van der Waals surface area contributed by atoms with E-state index in [1.54, 1.807) is 0 Å². The molecule has 0 heterocycles. The van der Waals surface area contributed by atoms with E-state index in [9.17, 15) is 4.79 Å². The Morgan fingerprint density at radius 1 is 1.00 bits per heavy atom. The van der Waals surface area contributed by atoms with Gasteiger partial charge in [-0.25, -0.2) is 4.79 Å². The number of benzene rings is 2. The smallest absolute Gasteiger partial charge is 0.407 e. The molecule has 1 N–H and O–H groups in total. The van der Waals surface area contributed by atoms with Gasteiger partial charge < -0.3 is 10.1 Å².